The number of nitrogens with one attached hydrogen (secondary N) is 2. The van der Waals surface area contributed by atoms with E-state index in [9.17, 15) is 24.0 Å². The minimum absolute atomic E-state index is 0.0383. The van der Waals surface area contributed by atoms with Crippen molar-refractivity contribution in [3.8, 4) is 5.75 Å². The summed E-state index contributed by atoms with van der Waals surface area (Å²) in [6.45, 7) is 5.67. The standard InChI is InChI=1S/C31H34ClN5O6/c1-19(29(40)35-12-4-3-5-13-35)17-36(22-7-10-26(43-2)24(32)15-22)31(42)33-16-20-6-8-23-21(14-20)18-37(30(23)41)25-9-11-27(38)34-28(25)39/h6-8,10,14-15,25H,1,3-5,9,11-13,16-18H2,2H3,(H,33,42)(H,34,38,39). The number of fused-ring (bicyclic) bond motifs is 1. The molecule has 226 valence electrons. The first-order valence-electron chi connectivity index (χ1n) is 14.3. The van der Waals surface area contributed by atoms with E-state index in [1.165, 1.54) is 16.9 Å². The summed E-state index contributed by atoms with van der Waals surface area (Å²) in [6, 6.07) is 9.04. The van der Waals surface area contributed by atoms with Gasteiger partial charge in [-0.25, -0.2) is 4.79 Å². The zero-order valence-corrected chi connectivity index (χ0v) is 24.7. The number of piperidine rings is 2. The molecule has 0 bridgehead atoms. The molecule has 43 heavy (non-hydrogen) atoms. The lowest BCUT2D eigenvalue weighted by atomic mass is 10.0. The molecule has 2 fully saturated rings. The van der Waals surface area contributed by atoms with E-state index in [1.54, 1.807) is 35.2 Å². The van der Waals surface area contributed by atoms with Gasteiger partial charge < -0.3 is 19.9 Å². The van der Waals surface area contributed by atoms with Gasteiger partial charge in [-0.1, -0.05) is 30.3 Å². The van der Waals surface area contributed by atoms with E-state index in [1.807, 2.05) is 6.07 Å². The second kappa shape index (κ2) is 12.9. The Balaban J connectivity index is 1.29. The summed E-state index contributed by atoms with van der Waals surface area (Å²) >= 11 is 6.37. The maximum absolute atomic E-state index is 13.6. The molecule has 1 atom stereocenters. The Bertz CT molecular complexity index is 1490. The van der Waals surface area contributed by atoms with Crippen LogP contribution in [0, 0.1) is 0 Å². The second-order valence-corrected chi connectivity index (χ2v) is 11.3. The fourth-order valence-corrected chi connectivity index (χ4v) is 5.95. The summed E-state index contributed by atoms with van der Waals surface area (Å²) in [5, 5.41) is 5.52. The van der Waals surface area contributed by atoms with E-state index < -0.39 is 18.0 Å². The average Bonchev–Trinajstić information content (AvgIpc) is 3.33. The molecule has 12 heteroatoms. The number of urea groups is 1. The first-order chi connectivity index (χ1) is 20.7. The van der Waals surface area contributed by atoms with Crippen LogP contribution in [0.15, 0.2) is 48.6 Å². The molecule has 5 rings (SSSR count). The molecule has 2 aromatic carbocycles. The van der Waals surface area contributed by atoms with E-state index in [4.69, 9.17) is 16.3 Å². The van der Waals surface area contributed by atoms with E-state index in [2.05, 4.69) is 17.2 Å². The van der Waals surface area contributed by atoms with E-state index >= 15 is 0 Å². The Morgan fingerprint density at radius 3 is 2.58 bits per heavy atom. The number of anilines is 1. The number of carbonyl (C=O) groups excluding carboxylic acids is 5. The maximum atomic E-state index is 13.6. The van der Waals surface area contributed by atoms with E-state index in [0.717, 1.165) is 30.4 Å². The molecular formula is C31H34ClN5O6. The first kappa shape index (κ1) is 30.1. The number of methoxy groups -OCH3 is 1. The molecule has 0 radical (unpaired) electrons. The van der Waals surface area contributed by atoms with Crippen molar-refractivity contribution < 1.29 is 28.7 Å². The number of amides is 6. The molecule has 0 spiro atoms. The van der Waals surface area contributed by atoms with Crippen LogP contribution in [0.25, 0.3) is 0 Å². The van der Waals surface area contributed by atoms with Crippen molar-refractivity contribution in [1.82, 2.24) is 20.4 Å². The van der Waals surface area contributed by atoms with Gasteiger partial charge >= 0.3 is 6.03 Å². The molecule has 3 aliphatic rings. The highest BCUT2D eigenvalue weighted by Crippen LogP contribution is 2.31. The third-order valence-electron chi connectivity index (χ3n) is 8.02. The predicted molar refractivity (Wildman–Crippen MR) is 160 cm³/mol. The van der Waals surface area contributed by atoms with Gasteiger partial charge in [0, 0.05) is 49.4 Å². The average molecular weight is 608 g/mol. The van der Waals surface area contributed by atoms with Crippen molar-refractivity contribution in [2.75, 3.05) is 31.6 Å². The number of hydrogen-bond acceptors (Lipinski definition) is 6. The van der Waals surface area contributed by atoms with Crippen LogP contribution in [0.5, 0.6) is 5.75 Å². The van der Waals surface area contributed by atoms with Gasteiger partial charge in [-0.2, -0.15) is 0 Å². The molecular weight excluding hydrogens is 574 g/mol. The maximum Gasteiger partial charge on any atom is 0.322 e. The van der Waals surface area contributed by atoms with Crippen molar-refractivity contribution in [1.29, 1.82) is 0 Å². The number of carbonyl (C=O) groups is 5. The van der Waals surface area contributed by atoms with Crippen LogP contribution in [-0.2, 0) is 27.5 Å². The van der Waals surface area contributed by atoms with Crippen molar-refractivity contribution >= 4 is 46.9 Å². The highest BCUT2D eigenvalue weighted by atomic mass is 35.5. The van der Waals surface area contributed by atoms with Crippen molar-refractivity contribution in [3.05, 3.63) is 70.3 Å². The van der Waals surface area contributed by atoms with Crippen LogP contribution in [0.2, 0.25) is 5.02 Å². The number of imide groups is 1. The number of benzene rings is 2. The summed E-state index contributed by atoms with van der Waals surface area (Å²) < 4.78 is 5.25. The molecule has 0 aromatic heterocycles. The molecule has 6 amide bonds. The number of hydrogen-bond donors (Lipinski definition) is 2. The van der Waals surface area contributed by atoms with Crippen LogP contribution in [0.4, 0.5) is 10.5 Å². The Labute approximate surface area is 254 Å². The molecule has 0 saturated carbocycles. The summed E-state index contributed by atoms with van der Waals surface area (Å²) in [5.74, 6) is -0.800. The third-order valence-corrected chi connectivity index (χ3v) is 8.31. The monoisotopic (exact) mass is 607 g/mol. The highest BCUT2D eigenvalue weighted by Gasteiger charge is 2.39. The van der Waals surface area contributed by atoms with Crippen molar-refractivity contribution in [3.63, 3.8) is 0 Å². The van der Waals surface area contributed by atoms with Gasteiger partial charge in [0.05, 0.1) is 18.7 Å². The van der Waals surface area contributed by atoms with Crippen LogP contribution in [0.1, 0.15) is 53.6 Å². The van der Waals surface area contributed by atoms with Crippen LogP contribution >= 0.6 is 11.6 Å². The van der Waals surface area contributed by atoms with Gasteiger partial charge in [0.15, 0.2) is 0 Å². The fourth-order valence-electron chi connectivity index (χ4n) is 5.69. The number of ether oxygens (including phenoxy) is 1. The Morgan fingerprint density at radius 2 is 1.88 bits per heavy atom. The number of likely N-dealkylation sites (tertiary alicyclic amines) is 1. The SMILES string of the molecule is C=C(CN(C(=O)NCc1ccc2c(c1)CN(C1CCC(=O)NC1=O)C2=O)c1ccc(OC)c(Cl)c1)C(=O)N1CCCCC1. The van der Waals surface area contributed by atoms with Gasteiger partial charge in [0.1, 0.15) is 11.8 Å². The highest BCUT2D eigenvalue weighted by molar-refractivity contribution is 6.32. The zero-order chi connectivity index (χ0) is 30.7. The first-order valence-corrected chi connectivity index (χ1v) is 14.7. The Morgan fingerprint density at radius 1 is 1.12 bits per heavy atom. The number of halogens is 1. The molecule has 1 unspecified atom stereocenters. The second-order valence-electron chi connectivity index (χ2n) is 10.9. The quantitative estimate of drug-likeness (QED) is 0.350. The van der Waals surface area contributed by atoms with Crippen LogP contribution < -0.4 is 20.3 Å². The normalized spacial score (nSPS) is 18.2. The van der Waals surface area contributed by atoms with Gasteiger partial charge in [-0.3, -0.25) is 29.4 Å². The van der Waals surface area contributed by atoms with Crippen LogP contribution in [0.3, 0.4) is 0 Å². The summed E-state index contributed by atoms with van der Waals surface area (Å²) in [7, 11) is 1.50. The Kier molecular flexibility index (Phi) is 9.00. The van der Waals surface area contributed by atoms with E-state index in [0.29, 0.717) is 35.1 Å². The lowest BCUT2D eigenvalue weighted by Crippen LogP contribution is -2.52. The molecule has 2 N–H and O–H groups in total. The molecule has 2 aromatic rings. The molecule has 3 aliphatic heterocycles. The summed E-state index contributed by atoms with van der Waals surface area (Å²) in [6.07, 6.45) is 3.43. The van der Waals surface area contributed by atoms with Crippen molar-refractivity contribution in [2.24, 2.45) is 0 Å². The fraction of sp³-hybridized carbons (Fsp3) is 0.387. The molecule has 2 saturated heterocycles. The van der Waals surface area contributed by atoms with Crippen molar-refractivity contribution in [2.45, 2.75) is 51.2 Å². The molecule has 11 nitrogen and oxygen atoms in total. The van der Waals surface area contributed by atoms with E-state index in [-0.39, 0.29) is 55.8 Å². The largest absolute Gasteiger partial charge is 0.495 e. The zero-order valence-electron chi connectivity index (χ0n) is 24.0. The smallest absolute Gasteiger partial charge is 0.322 e. The third kappa shape index (κ3) is 6.51. The number of rotatable bonds is 8. The van der Waals surface area contributed by atoms with Gasteiger partial charge in [-0.15, -0.1) is 0 Å². The van der Waals surface area contributed by atoms with Gasteiger partial charge in [0.25, 0.3) is 11.8 Å². The minimum Gasteiger partial charge on any atom is -0.495 e. The van der Waals surface area contributed by atoms with Crippen LogP contribution in [-0.4, -0.2) is 72.2 Å². The molecule has 3 heterocycles. The van der Waals surface area contributed by atoms with Gasteiger partial charge in [-0.05, 0) is 61.1 Å². The topological polar surface area (TPSA) is 128 Å². The predicted octanol–water partition coefficient (Wildman–Crippen LogP) is 3.39. The Hall–Kier alpha value is -4.38. The lowest BCUT2D eigenvalue weighted by Gasteiger charge is -2.30. The van der Waals surface area contributed by atoms with Gasteiger partial charge in [0.2, 0.25) is 11.8 Å². The number of nitrogens with zero attached hydrogens (tertiary/aromatic N) is 3. The summed E-state index contributed by atoms with van der Waals surface area (Å²) in [5.41, 5.74) is 2.73. The lowest BCUT2D eigenvalue weighted by molar-refractivity contribution is -0.137. The molecule has 0 aliphatic carbocycles. The minimum atomic E-state index is -0.702. The summed E-state index contributed by atoms with van der Waals surface area (Å²) in [4.78, 5) is 68.2.